The maximum absolute atomic E-state index is 12.6. The highest BCUT2D eigenvalue weighted by molar-refractivity contribution is 5.95. The Kier molecular flexibility index (Phi) is 4.27. The quantitative estimate of drug-likeness (QED) is 0.928. The van der Waals surface area contributed by atoms with Gasteiger partial charge in [0.25, 0.3) is 5.91 Å². The maximum atomic E-state index is 12.6. The van der Waals surface area contributed by atoms with Crippen LogP contribution in [0.2, 0.25) is 0 Å². The van der Waals surface area contributed by atoms with Crippen LogP contribution >= 0.6 is 0 Å². The number of fused-ring (bicyclic) bond motifs is 1. The summed E-state index contributed by atoms with van der Waals surface area (Å²) in [6.45, 7) is 7.01. The molecule has 0 aromatic heterocycles. The van der Waals surface area contributed by atoms with Gasteiger partial charge in [0.2, 0.25) is 6.79 Å². The molecule has 0 radical (unpaired) electrons. The van der Waals surface area contributed by atoms with Crippen LogP contribution in [0.25, 0.3) is 0 Å². The average molecular weight is 303 g/mol. The summed E-state index contributed by atoms with van der Waals surface area (Å²) >= 11 is 0. The molecule has 0 spiro atoms. The fraction of sp³-hybridized carbons (Fsp3) is 0.611. The first-order chi connectivity index (χ1) is 10.5. The largest absolute Gasteiger partial charge is 0.454 e. The zero-order valence-electron chi connectivity index (χ0n) is 13.6. The van der Waals surface area contributed by atoms with Gasteiger partial charge in [0.1, 0.15) is 0 Å². The lowest BCUT2D eigenvalue weighted by Crippen LogP contribution is -2.45. The van der Waals surface area contributed by atoms with Gasteiger partial charge in [-0.1, -0.05) is 27.2 Å². The first-order valence-electron chi connectivity index (χ1n) is 8.25. The maximum Gasteiger partial charge on any atom is 0.251 e. The number of ether oxygens (including phenoxy) is 2. The predicted octanol–water partition coefficient (Wildman–Crippen LogP) is 3.61. The Morgan fingerprint density at radius 2 is 2.00 bits per heavy atom. The van der Waals surface area contributed by atoms with E-state index in [0.29, 0.717) is 34.8 Å². The molecule has 0 bridgehead atoms. The van der Waals surface area contributed by atoms with E-state index in [1.807, 2.05) is 0 Å². The summed E-state index contributed by atoms with van der Waals surface area (Å²) in [5.74, 6) is 3.19. The van der Waals surface area contributed by atoms with Gasteiger partial charge in [0.15, 0.2) is 11.5 Å². The molecule has 1 fully saturated rings. The van der Waals surface area contributed by atoms with Gasteiger partial charge in [-0.3, -0.25) is 4.79 Å². The van der Waals surface area contributed by atoms with E-state index in [4.69, 9.17) is 9.47 Å². The molecule has 3 atom stereocenters. The van der Waals surface area contributed by atoms with Crippen molar-refractivity contribution in [3.63, 3.8) is 0 Å². The normalized spacial score (nSPS) is 27.0. The summed E-state index contributed by atoms with van der Waals surface area (Å²) in [6, 6.07) is 5.65. The van der Waals surface area contributed by atoms with Crippen molar-refractivity contribution in [1.29, 1.82) is 0 Å². The van der Waals surface area contributed by atoms with E-state index in [1.165, 1.54) is 12.8 Å². The predicted molar refractivity (Wildman–Crippen MR) is 85.2 cm³/mol. The Balaban J connectivity index is 1.72. The second-order valence-corrected chi connectivity index (χ2v) is 6.97. The second-order valence-electron chi connectivity index (χ2n) is 6.97. The van der Waals surface area contributed by atoms with Crippen molar-refractivity contribution in [2.75, 3.05) is 6.79 Å². The molecule has 2 aliphatic rings. The van der Waals surface area contributed by atoms with Crippen LogP contribution in [0.4, 0.5) is 0 Å². The van der Waals surface area contributed by atoms with Crippen LogP contribution < -0.4 is 14.8 Å². The molecule has 1 heterocycles. The first-order valence-corrected chi connectivity index (χ1v) is 8.25. The summed E-state index contributed by atoms with van der Waals surface area (Å²) in [5, 5.41) is 3.25. The molecule has 3 unspecified atom stereocenters. The van der Waals surface area contributed by atoms with Crippen molar-refractivity contribution >= 4 is 5.91 Å². The monoisotopic (exact) mass is 303 g/mol. The molecule has 4 heteroatoms. The van der Waals surface area contributed by atoms with Crippen molar-refractivity contribution in [2.45, 2.75) is 46.1 Å². The molecule has 1 aromatic carbocycles. The lowest BCUT2D eigenvalue weighted by atomic mass is 9.74. The summed E-state index contributed by atoms with van der Waals surface area (Å²) in [4.78, 5) is 12.6. The van der Waals surface area contributed by atoms with Crippen LogP contribution in [0, 0.1) is 17.8 Å². The molecule has 1 saturated carbocycles. The first kappa shape index (κ1) is 15.2. The Morgan fingerprint density at radius 1 is 1.23 bits per heavy atom. The van der Waals surface area contributed by atoms with Gasteiger partial charge in [0.05, 0.1) is 0 Å². The third-order valence-corrected chi connectivity index (χ3v) is 4.97. The van der Waals surface area contributed by atoms with Gasteiger partial charge >= 0.3 is 0 Å². The van der Waals surface area contributed by atoms with Gasteiger partial charge in [-0.2, -0.15) is 0 Å². The molecule has 4 nitrogen and oxygen atoms in total. The zero-order valence-corrected chi connectivity index (χ0v) is 13.6. The van der Waals surface area contributed by atoms with Gasteiger partial charge in [0, 0.05) is 11.6 Å². The highest BCUT2D eigenvalue weighted by Crippen LogP contribution is 2.35. The molecule has 1 N–H and O–H groups in total. The zero-order chi connectivity index (χ0) is 15.7. The second kappa shape index (κ2) is 6.19. The minimum Gasteiger partial charge on any atom is -0.454 e. The number of nitrogens with one attached hydrogen (secondary N) is 1. The Labute approximate surface area is 132 Å². The van der Waals surface area contributed by atoms with E-state index in [0.717, 1.165) is 6.42 Å². The van der Waals surface area contributed by atoms with Crippen LogP contribution in [0.3, 0.4) is 0 Å². The lowest BCUT2D eigenvalue weighted by Gasteiger charge is -2.37. The smallest absolute Gasteiger partial charge is 0.251 e. The van der Waals surface area contributed by atoms with E-state index in [9.17, 15) is 4.79 Å². The van der Waals surface area contributed by atoms with Crippen molar-refractivity contribution in [3.8, 4) is 11.5 Å². The van der Waals surface area contributed by atoms with Crippen molar-refractivity contribution in [1.82, 2.24) is 5.32 Å². The minimum absolute atomic E-state index is 0.0111. The van der Waals surface area contributed by atoms with Crippen LogP contribution in [0.15, 0.2) is 18.2 Å². The summed E-state index contributed by atoms with van der Waals surface area (Å²) in [7, 11) is 0. The highest BCUT2D eigenvalue weighted by Gasteiger charge is 2.32. The van der Waals surface area contributed by atoms with E-state index in [-0.39, 0.29) is 18.7 Å². The third-order valence-electron chi connectivity index (χ3n) is 4.97. The molecule has 0 saturated heterocycles. The molecule has 3 rings (SSSR count). The fourth-order valence-corrected chi connectivity index (χ4v) is 3.66. The van der Waals surface area contributed by atoms with Crippen LogP contribution in [0.1, 0.15) is 50.4 Å². The lowest BCUT2D eigenvalue weighted by molar-refractivity contribution is 0.0867. The molecular weight excluding hydrogens is 278 g/mol. The van der Waals surface area contributed by atoms with Crippen molar-refractivity contribution < 1.29 is 14.3 Å². The Hall–Kier alpha value is -1.71. The molecule has 1 aliphatic heterocycles. The van der Waals surface area contributed by atoms with Crippen molar-refractivity contribution in [2.24, 2.45) is 17.8 Å². The molecule has 120 valence electrons. The van der Waals surface area contributed by atoms with Crippen LogP contribution in [0.5, 0.6) is 11.5 Å². The summed E-state index contributed by atoms with van der Waals surface area (Å²) in [6.07, 6.45) is 3.53. The number of benzene rings is 1. The summed E-state index contributed by atoms with van der Waals surface area (Å²) < 4.78 is 10.6. The fourth-order valence-electron chi connectivity index (χ4n) is 3.66. The topological polar surface area (TPSA) is 47.6 Å². The van der Waals surface area contributed by atoms with E-state index in [2.05, 4.69) is 26.1 Å². The Morgan fingerprint density at radius 3 is 2.77 bits per heavy atom. The van der Waals surface area contributed by atoms with E-state index >= 15 is 0 Å². The number of hydrogen-bond donors (Lipinski definition) is 1. The minimum atomic E-state index is -0.0111. The van der Waals surface area contributed by atoms with Crippen molar-refractivity contribution in [3.05, 3.63) is 23.8 Å². The third kappa shape index (κ3) is 3.06. The molecule has 1 amide bonds. The Bertz CT molecular complexity index is 555. The number of carbonyl (C=O) groups excluding carboxylic acids is 1. The van der Waals surface area contributed by atoms with Gasteiger partial charge in [-0.05, 0) is 48.8 Å². The number of amides is 1. The highest BCUT2D eigenvalue weighted by atomic mass is 16.7. The van der Waals surface area contributed by atoms with Gasteiger partial charge in [-0.15, -0.1) is 0 Å². The van der Waals surface area contributed by atoms with E-state index < -0.39 is 0 Å². The van der Waals surface area contributed by atoms with Crippen LogP contribution in [-0.2, 0) is 0 Å². The molecule has 1 aliphatic carbocycles. The SMILES string of the molecule is CC1CCC(C(C)C)C(NC(=O)c2ccc3c(c2)OCO3)C1. The van der Waals surface area contributed by atoms with E-state index in [1.54, 1.807) is 18.2 Å². The molecular formula is C18H25NO3. The number of carbonyl (C=O) groups is 1. The van der Waals surface area contributed by atoms with Gasteiger partial charge < -0.3 is 14.8 Å². The standard InChI is InChI=1S/C18H25NO3/c1-11(2)14-6-4-12(3)8-15(14)19-18(20)13-5-7-16-17(9-13)22-10-21-16/h5,7,9,11-12,14-15H,4,6,8,10H2,1-3H3,(H,19,20). The van der Waals surface area contributed by atoms with Crippen LogP contribution in [-0.4, -0.2) is 18.7 Å². The molecule has 22 heavy (non-hydrogen) atoms. The number of hydrogen-bond acceptors (Lipinski definition) is 3. The average Bonchev–Trinajstić information content (AvgIpc) is 2.94. The molecule has 1 aromatic rings. The summed E-state index contributed by atoms with van der Waals surface area (Å²) in [5.41, 5.74) is 0.644. The number of rotatable bonds is 3. The van der Waals surface area contributed by atoms with Gasteiger partial charge in [-0.25, -0.2) is 0 Å².